The van der Waals surface area contributed by atoms with Gasteiger partial charge in [-0.3, -0.25) is 9.78 Å². The maximum atomic E-state index is 12.6. The number of nitrogens with two attached hydrogens (primary N) is 1. The van der Waals surface area contributed by atoms with Crippen molar-refractivity contribution in [2.24, 2.45) is 11.7 Å². The number of nitrogens with zero attached hydrogens (tertiary/aromatic N) is 2. The quantitative estimate of drug-likeness (QED) is 0.285. The molecular weight excluding hydrogens is 436 g/mol. The Kier molecular flexibility index (Phi) is 21.4. The van der Waals surface area contributed by atoms with Crippen molar-refractivity contribution < 1.29 is 9.53 Å². The summed E-state index contributed by atoms with van der Waals surface area (Å²) in [5.41, 5.74) is 5.38. The van der Waals surface area contributed by atoms with Crippen molar-refractivity contribution in [2.75, 3.05) is 32.6 Å². The van der Waals surface area contributed by atoms with Crippen molar-refractivity contribution in [1.82, 2.24) is 20.3 Å². The van der Waals surface area contributed by atoms with Gasteiger partial charge in [0, 0.05) is 44.3 Å². The van der Waals surface area contributed by atoms with Crippen LogP contribution >= 0.6 is 12.2 Å². The van der Waals surface area contributed by atoms with Gasteiger partial charge in [-0.15, -0.1) is 0 Å². The molecule has 9 heteroatoms. The second-order valence-corrected chi connectivity index (χ2v) is 7.10. The van der Waals surface area contributed by atoms with Gasteiger partial charge in [0.2, 0.25) is 5.91 Å². The van der Waals surface area contributed by atoms with E-state index in [0.29, 0.717) is 41.8 Å². The minimum atomic E-state index is -0.370. The molecule has 0 saturated carbocycles. The minimum Gasteiger partial charge on any atom is -0.385 e. The third-order valence-corrected chi connectivity index (χ3v) is 4.08. The first-order valence-corrected chi connectivity index (χ1v) is 12.0. The summed E-state index contributed by atoms with van der Waals surface area (Å²) in [6.07, 6.45) is 4.87. The SMILES string of the molecule is CC.CC.CN.COCCCNC(=O)[C@H](CC(C)C)Nc1cc(=S)nc(-c2ccncc2)[nH]1. The van der Waals surface area contributed by atoms with Gasteiger partial charge in [0.25, 0.3) is 0 Å². The molecule has 0 aromatic carbocycles. The number of H-pyrrole nitrogens is 1. The highest BCUT2D eigenvalue weighted by molar-refractivity contribution is 7.71. The zero-order chi connectivity index (χ0) is 25.6. The molecule has 0 spiro atoms. The van der Waals surface area contributed by atoms with Gasteiger partial charge >= 0.3 is 0 Å². The standard InChI is InChI=1S/C19H27N5O2S.2C2H6.CH5N/c1-13(2)11-15(19(25)21-7-4-10-26-3)22-16-12-17(27)24-18(23-16)14-5-8-20-9-6-14;3*1-2/h5-6,8-9,12-13,15H,4,7,10-11H2,1-3H3,(H,21,25)(H2,22,23,24,27);2*1-2H3;2H2,1H3/t15-;;;/m0.../s1. The first-order valence-electron chi connectivity index (χ1n) is 11.6. The normalized spacial score (nSPS) is 10.4. The molecule has 0 radical (unpaired) electrons. The predicted molar refractivity (Wildman–Crippen MR) is 142 cm³/mol. The van der Waals surface area contributed by atoms with Crippen LogP contribution < -0.4 is 16.4 Å². The van der Waals surface area contributed by atoms with Crippen LogP contribution in [-0.4, -0.2) is 54.2 Å². The summed E-state index contributed by atoms with van der Waals surface area (Å²) in [4.78, 5) is 24.2. The topological polar surface area (TPSA) is 118 Å². The number of anilines is 1. The van der Waals surface area contributed by atoms with Gasteiger partial charge in [-0.2, -0.15) is 0 Å². The molecule has 0 bridgehead atoms. The Labute approximate surface area is 205 Å². The van der Waals surface area contributed by atoms with E-state index in [9.17, 15) is 4.79 Å². The predicted octanol–water partition coefficient (Wildman–Crippen LogP) is 4.81. The number of pyridine rings is 1. The van der Waals surface area contributed by atoms with Crippen LogP contribution in [0, 0.1) is 10.6 Å². The second kappa shape index (κ2) is 21.5. The fourth-order valence-corrected chi connectivity index (χ4v) is 2.83. The monoisotopic (exact) mass is 480 g/mol. The summed E-state index contributed by atoms with van der Waals surface area (Å²) in [6.45, 7) is 13.4. The smallest absolute Gasteiger partial charge is 0.242 e. The Morgan fingerprint density at radius 3 is 2.33 bits per heavy atom. The molecule has 1 amide bonds. The second-order valence-electron chi connectivity index (χ2n) is 6.68. The van der Waals surface area contributed by atoms with E-state index in [1.165, 1.54) is 7.05 Å². The number of ether oxygens (including phenoxy) is 1. The summed E-state index contributed by atoms with van der Waals surface area (Å²) < 4.78 is 5.47. The number of carbonyl (C=O) groups is 1. The van der Waals surface area contributed by atoms with Crippen LogP contribution in [0.4, 0.5) is 5.82 Å². The van der Waals surface area contributed by atoms with Gasteiger partial charge in [-0.1, -0.05) is 53.8 Å². The maximum Gasteiger partial charge on any atom is 0.242 e. The Morgan fingerprint density at radius 1 is 1.18 bits per heavy atom. The number of carbonyl (C=O) groups excluding carboxylic acids is 1. The number of hydrogen-bond donors (Lipinski definition) is 4. The van der Waals surface area contributed by atoms with Crippen molar-refractivity contribution in [3.05, 3.63) is 35.2 Å². The molecule has 2 heterocycles. The molecule has 5 N–H and O–H groups in total. The van der Waals surface area contributed by atoms with Gasteiger partial charge in [-0.05, 0) is 37.9 Å². The molecule has 0 aliphatic carbocycles. The number of nitrogens with one attached hydrogen (secondary N) is 3. The van der Waals surface area contributed by atoms with Crippen LogP contribution in [0.5, 0.6) is 0 Å². The molecule has 0 unspecified atom stereocenters. The van der Waals surface area contributed by atoms with Gasteiger partial charge in [0.05, 0.1) is 0 Å². The molecule has 0 fully saturated rings. The lowest BCUT2D eigenvalue weighted by atomic mass is 10.0. The first-order chi connectivity index (χ1) is 16.0. The molecule has 0 aliphatic heterocycles. The van der Waals surface area contributed by atoms with Crippen LogP contribution in [0.1, 0.15) is 54.4 Å². The highest BCUT2D eigenvalue weighted by Crippen LogP contribution is 2.17. The van der Waals surface area contributed by atoms with E-state index in [4.69, 9.17) is 17.0 Å². The largest absolute Gasteiger partial charge is 0.385 e. The Morgan fingerprint density at radius 2 is 1.79 bits per heavy atom. The maximum absolute atomic E-state index is 12.6. The molecule has 2 aromatic heterocycles. The van der Waals surface area contributed by atoms with Gasteiger partial charge in [-0.25, -0.2) is 4.98 Å². The molecule has 2 rings (SSSR count). The molecule has 2 aromatic rings. The highest BCUT2D eigenvalue weighted by atomic mass is 32.1. The summed E-state index contributed by atoms with van der Waals surface area (Å²) in [5, 5.41) is 6.24. The summed E-state index contributed by atoms with van der Waals surface area (Å²) in [6, 6.07) is 5.06. The first kappa shape index (κ1) is 32.8. The van der Waals surface area contributed by atoms with Gasteiger partial charge in [0.15, 0.2) is 0 Å². The van der Waals surface area contributed by atoms with Crippen LogP contribution in [0.2, 0.25) is 0 Å². The van der Waals surface area contributed by atoms with E-state index < -0.39 is 0 Å². The Bertz CT molecular complexity index is 784. The average Bonchev–Trinajstić information content (AvgIpc) is 2.85. The number of hydrogen-bond acceptors (Lipinski definition) is 7. The van der Waals surface area contributed by atoms with Crippen LogP contribution in [0.3, 0.4) is 0 Å². The number of amides is 1. The van der Waals surface area contributed by atoms with E-state index in [0.717, 1.165) is 12.0 Å². The van der Waals surface area contributed by atoms with Crippen molar-refractivity contribution >= 4 is 23.9 Å². The molecule has 0 aliphatic rings. The fourth-order valence-electron chi connectivity index (χ4n) is 2.62. The summed E-state index contributed by atoms with van der Waals surface area (Å²) in [7, 11) is 3.15. The van der Waals surface area contributed by atoms with Gasteiger partial charge < -0.3 is 26.1 Å². The van der Waals surface area contributed by atoms with E-state index in [-0.39, 0.29) is 11.9 Å². The third-order valence-electron chi connectivity index (χ3n) is 3.87. The van der Waals surface area contributed by atoms with Crippen molar-refractivity contribution in [3.63, 3.8) is 0 Å². The lowest BCUT2D eigenvalue weighted by Gasteiger charge is -2.21. The zero-order valence-electron chi connectivity index (χ0n) is 21.6. The fraction of sp³-hybridized carbons (Fsp3) is 0.583. The summed E-state index contributed by atoms with van der Waals surface area (Å²) in [5.74, 6) is 1.62. The molecular formula is C24H44N6O2S. The average molecular weight is 481 g/mol. The van der Waals surface area contributed by atoms with E-state index in [1.54, 1.807) is 25.6 Å². The van der Waals surface area contributed by atoms with Crippen molar-refractivity contribution in [1.29, 1.82) is 0 Å². The van der Waals surface area contributed by atoms with Crippen molar-refractivity contribution in [2.45, 2.75) is 60.4 Å². The molecule has 188 valence electrons. The van der Waals surface area contributed by atoms with Crippen LogP contribution in [-0.2, 0) is 9.53 Å². The lowest BCUT2D eigenvalue weighted by molar-refractivity contribution is -0.122. The number of aromatic nitrogens is 3. The highest BCUT2D eigenvalue weighted by Gasteiger charge is 2.20. The number of rotatable bonds is 10. The van der Waals surface area contributed by atoms with Crippen LogP contribution in [0.25, 0.3) is 11.4 Å². The third kappa shape index (κ3) is 14.4. The lowest BCUT2D eigenvalue weighted by Crippen LogP contribution is -2.41. The number of methoxy groups -OCH3 is 1. The molecule has 33 heavy (non-hydrogen) atoms. The minimum absolute atomic E-state index is 0.0404. The molecule has 1 atom stereocenters. The van der Waals surface area contributed by atoms with E-state index >= 15 is 0 Å². The Hall–Kier alpha value is -2.36. The Balaban J connectivity index is 0. The zero-order valence-corrected chi connectivity index (χ0v) is 22.4. The summed E-state index contributed by atoms with van der Waals surface area (Å²) >= 11 is 5.29. The van der Waals surface area contributed by atoms with Crippen molar-refractivity contribution in [3.8, 4) is 11.4 Å². The van der Waals surface area contributed by atoms with Crippen LogP contribution in [0.15, 0.2) is 30.6 Å². The van der Waals surface area contributed by atoms with Gasteiger partial charge in [0.1, 0.15) is 22.3 Å². The molecule has 8 nitrogen and oxygen atoms in total. The molecule has 0 saturated heterocycles. The van der Waals surface area contributed by atoms with E-state index in [1.807, 2.05) is 39.8 Å². The van der Waals surface area contributed by atoms with E-state index in [2.05, 4.69) is 45.2 Å². The number of aromatic amines is 1.